The van der Waals surface area contributed by atoms with Crippen LogP contribution in [-0.4, -0.2) is 17.6 Å². The predicted molar refractivity (Wildman–Crippen MR) is 111 cm³/mol. The Bertz CT molecular complexity index is 1130. The van der Waals surface area contributed by atoms with Crippen molar-refractivity contribution in [2.75, 3.05) is 6.61 Å². The number of alkyl halides is 3. The molecule has 0 amide bonds. The molecule has 2 aromatic carbocycles. The highest BCUT2D eigenvalue weighted by Gasteiger charge is 2.36. The third-order valence-corrected chi connectivity index (χ3v) is 5.37. The van der Waals surface area contributed by atoms with Crippen LogP contribution in [0.25, 0.3) is 11.3 Å². The zero-order valence-corrected chi connectivity index (χ0v) is 17.3. The molecule has 0 aliphatic heterocycles. The van der Waals surface area contributed by atoms with Crippen LogP contribution >= 0.6 is 11.8 Å². The Morgan fingerprint density at radius 3 is 2.45 bits per heavy atom. The molecule has 0 radical (unpaired) electrons. The van der Waals surface area contributed by atoms with E-state index >= 15 is 0 Å². The van der Waals surface area contributed by atoms with E-state index in [9.17, 15) is 23.2 Å². The minimum atomic E-state index is -4.71. The number of halogens is 3. The third kappa shape index (κ3) is 5.25. The third-order valence-electron chi connectivity index (χ3n) is 4.35. The lowest BCUT2D eigenvalue weighted by Crippen LogP contribution is -2.11. The van der Waals surface area contributed by atoms with Crippen LogP contribution in [-0.2, 0) is 16.7 Å². The Morgan fingerprint density at radius 1 is 1.13 bits per heavy atom. The van der Waals surface area contributed by atoms with Gasteiger partial charge in [-0.25, -0.2) is 9.78 Å². The van der Waals surface area contributed by atoms with Gasteiger partial charge in [-0.15, -0.1) is 11.8 Å². The molecular weight excluding hydrogens is 425 g/mol. The average Bonchev–Trinajstić information content (AvgIpc) is 2.77. The van der Waals surface area contributed by atoms with E-state index in [1.54, 1.807) is 67.6 Å². The second-order valence-corrected chi connectivity index (χ2v) is 7.34. The van der Waals surface area contributed by atoms with Gasteiger partial charge in [0.15, 0.2) is 0 Å². The lowest BCUT2D eigenvalue weighted by Gasteiger charge is -2.15. The molecule has 1 aromatic heterocycles. The Balaban J connectivity index is 2.04. The van der Waals surface area contributed by atoms with Crippen LogP contribution in [0.4, 0.5) is 13.2 Å². The molecule has 0 aliphatic rings. The normalized spacial score (nSPS) is 11.1. The van der Waals surface area contributed by atoms with Gasteiger partial charge < -0.3 is 4.74 Å². The van der Waals surface area contributed by atoms with Gasteiger partial charge in [-0.1, -0.05) is 48.5 Å². The van der Waals surface area contributed by atoms with E-state index < -0.39 is 23.3 Å². The molecule has 3 rings (SSSR count). The van der Waals surface area contributed by atoms with Crippen molar-refractivity contribution in [1.29, 1.82) is 5.26 Å². The monoisotopic (exact) mass is 442 g/mol. The first-order valence-electron chi connectivity index (χ1n) is 9.30. The summed E-state index contributed by atoms with van der Waals surface area (Å²) >= 11 is 0.972. The fraction of sp³-hybridized carbons (Fsp3) is 0.174. The molecule has 158 valence electrons. The topological polar surface area (TPSA) is 63.0 Å². The lowest BCUT2D eigenvalue weighted by atomic mass is 10.1. The Hall–Kier alpha value is -3.31. The largest absolute Gasteiger partial charge is 0.462 e. The van der Waals surface area contributed by atoms with Crippen LogP contribution in [0.1, 0.15) is 34.0 Å². The molecule has 1 heterocycles. The number of aromatic nitrogens is 1. The minimum Gasteiger partial charge on any atom is -0.462 e. The standard InChI is InChI=1S/C23H17F3N2O2S/c1-2-30-22(29)17-11-7-6-10-16(17)14-31-21-18(13-27)19(23(24,25)26)12-20(28-21)15-8-4-3-5-9-15/h3-12H,2,14H2,1H3. The summed E-state index contributed by atoms with van der Waals surface area (Å²) in [6.07, 6.45) is -4.71. The minimum absolute atomic E-state index is 0.0464. The zero-order chi connectivity index (χ0) is 22.4. The van der Waals surface area contributed by atoms with Gasteiger partial charge in [0.05, 0.1) is 29.0 Å². The summed E-state index contributed by atoms with van der Waals surface area (Å²) < 4.78 is 46.1. The van der Waals surface area contributed by atoms with Gasteiger partial charge in [-0.2, -0.15) is 18.4 Å². The molecule has 3 aromatic rings. The lowest BCUT2D eigenvalue weighted by molar-refractivity contribution is -0.138. The molecule has 8 heteroatoms. The van der Waals surface area contributed by atoms with Crippen LogP contribution in [0.5, 0.6) is 0 Å². The van der Waals surface area contributed by atoms with E-state index in [0.717, 1.165) is 17.8 Å². The van der Waals surface area contributed by atoms with E-state index in [4.69, 9.17) is 4.74 Å². The number of thioether (sulfide) groups is 1. The van der Waals surface area contributed by atoms with Crippen molar-refractivity contribution in [3.63, 3.8) is 0 Å². The van der Waals surface area contributed by atoms with Gasteiger partial charge in [0.2, 0.25) is 0 Å². The molecule has 4 nitrogen and oxygen atoms in total. The Morgan fingerprint density at radius 2 is 1.81 bits per heavy atom. The maximum atomic E-state index is 13.7. The maximum absolute atomic E-state index is 13.7. The number of nitrogens with zero attached hydrogens (tertiary/aromatic N) is 2. The van der Waals surface area contributed by atoms with Gasteiger partial charge in [-0.3, -0.25) is 0 Å². The van der Waals surface area contributed by atoms with Crippen molar-refractivity contribution in [3.8, 4) is 17.3 Å². The van der Waals surface area contributed by atoms with Crippen LogP contribution in [0.15, 0.2) is 65.7 Å². The molecule has 31 heavy (non-hydrogen) atoms. The highest BCUT2D eigenvalue weighted by Crippen LogP contribution is 2.38. The number of pyridine rings is 1. The van der Waals surface area contributed by atoms with Gasteiger partial charge in [-0.05, 0) is 24.6 Å². The van der Waals surface area contributed by atoms with Crippen molar-refractivity contribution >= 4 is 17.7 Å². The van der Waals surface area contributed by atoms with Crippen LogP contribution in [0.3, 0.4) is 0 Å². The molecule has 0 aliphatic carbocycles. The Labute approximate surface area is 181 Å². The molecule has 0 N–H and O–H groups in total. The van der Waals surface area contributed by atoms with Crippen molar-refractivity contribution < 1.29 is 22.7 Å². The number of nitriles is 1. The van der Waals surface area contributed by atoms with Crippen LogP contribution in [0, 0.1) is 11.3 Å². The predicted octanol–water partition coefficient (Wildman–Crippen LogP) is 6.11. The summed E-state index contributed by atoms with van der Waals surface area (Å²) in [6.45, 7) is 1.89. The molecule has 0 saturated carbocycles. The number of esters is 1. The van der Waals surface area contributed by atoms with Gasteiger partial charge >= 0.3 is 12.1 Å². The number of carbonyl (C=O) groups excluding carboxylic acids is 1. The highest BCUT2D eigenvalue weighted by atomic mass is 32.2. The van der Waals surface area contributed by atoms with E-state index in [-0.39, 0.29) is 23.1 Å². The molecule has 0 spiro atoms. The van der Waals surface area contributed by atoms with Gasteiger partial charge in [0, 0.05) is 11.3 Å². The van der Waals surface area contributed by atoms with Gasteiger partial charge in [0.25, 0.3) is 0 Å². The van der Waals surface area contributed by atoms with E-state index in [2.05, 4.69) is 4.98 Å². The van der Waals surface area contributed by atoms with Crippen LogP contribution in [0.2, 0.25) is 0 Å². The number of carbonyl (C=O) groups is 1. The molecule has 0 saturated heterocycles. The fourth-order valence-electron chi connectivity index (χ4n) is 2.91. The smallest absolute Gasteiger partial charge is 0.417 e. The number of hydrogen-bond acceptors (Lipinski definition) is 5. The van der Waals surface area contributed by atoms with Crippen molar-refractivity contribution in [1.82, 2.24) is 4.98 Å². The van der Waals surface area contributed by atoms with Crippen LogP contribution < -0.4 is 0 Å². The molecular formula is C23H17F3N2O2S. The Kier molecular flexibility index (Phi) is 6.98. The summed E-state index contributed by atoms with van der Waals surface area (Å²) in [6, 6.07) is 17.7. The summed E-state index contributed by atoms with van der Waals surface area (Å²) in [5, 5.41) is 9.41. The van der Waals surface area contributed by atoms with Gasteiger partial charge in [0.1, 0.15) is 11.1 Å². The summed E-state index contributed by atoms with van der Waals surface area (Å²) in [5.41, 5.74) is -0.0453. The molecule has 0 fully saturated rings. The first kappa shape index (κ1) is 22.4. The molecule has 0 atom stereocenters. The molecule has 0 bridgehead atoms. The first-order chi connectivity index (χ1) is 14.8. The first-order valence-corrected chi connectivity index (χ1v) is 10.3. The number of hydrogen-bond donors (Lipinski definition) is 0. The number of benzene rings is 2. The zero-order valence-electron chi connectivity index (χ0n) is 16.4. The second kappa shape index (κ2) is 9.67. The van der Waals surface area contributed by atoms with Crippen molar-refractivity contribution in [2.24, 2.45) is 0 Å². The number of rotatable bonds is 6. The maximum Gasteiger partial charge on any atom is 0.417 e. The summed E-state index contributed by atoms with van der Waals surface area (Å²) in [4.78, 5) is 16.5. The number of ether oxygens (including phenoxy) is 1. The average molecular weight is 442 g/mol. The van der Waals surface area contributed by atoms with E-state index in [1.165, 1.54) is 0 Å². The molecule has 0 unspecified atom stereocenters. The van der Waals surface area contributed by atoms with Crippen molar-refractivity contribution in [3.05, 3.63) is 82.9 Å². The quantitative estimate of drug-likeness (QED) is 0.341. The van der Waals surface area contributed by atoms with E-state index in [0.29, 0.717) is 16.7 Å². The fourth-order valence-corrected chi connectivity index (χ4v) is 3.92. The SMILES string of the molecule is CCOC(=O)c1ccccc1CSc1nc(-c2ccccc2)cc(C(F)(F)F)c1C#N. The highest BCUT2D eigenvalue weighted by molar-refractivity contribution is 7.98. The second-order valence-electron chi connectivity index (χ2n) is 6.38. The van der Waals surface area contributed by atoms with Crippen molar-refractivity contribution in [2.45, 2.75) is 23.9 Å². The summed E-state index contributed by atoms with van der Waals surface area (Å²) in [7, 11) is 0. The summed E-state index contributed by atoms with van der Waals surface area (Å²) in [5.74, 6) is -0.368. The van der Waals surface area contributed by atoms with E-state index in [1.807, 2.05) is 0 Å².